The van der Waals surface area contributed by atoms with Crippen molar-refractivity contribution in [1.29, 1.82) is 0 Å². The summed E-state index contributed by atoms with van der Waals surface area (Å²) >= 11 is 0. The SMILES string of the molecule is O=C(COc1cccc([N+](=O)[O-])c1)Nc1n[nH]c(-c2ccc(C(F)(F)F)cc2)n1. The van der Waals surface area contributed by atoms with Crippen molar-refractivity contribution in [3.63, 3.8) is 0 Å². The van der Waals surface area contributed by atoms with Gasteiger partial charge in [-0.2, -0.15) is 18.2 Å². The predicted octanol–water partition coefficient (Wildman–Crippen LogP) is 3.42. The van der Waals surface area contributed by atoms with Gasteiger partial charge < -0.3 is 4.74 Å². The molecule has 2 N–H and O–H groups in total. The largest absolute Gasteiger partial charge is 0.484 e. The number of anilines is 1. The first-order chi connectivity index (χ1) is 13.7. The molecule has 3 aromatic rings. The van der Waals surface area contributed by atoms with Crippen LogP contribution in [0.25, 0.3) is 11.4 Å². The number of halogens is 3. The molecule has 150 valence electrons. The van der Waals surface area contributed by atoms with Crippen molar-refractivity contribution in [3.8, 4) is 17.1 Å². The number of non-ortho nitro benzene ring substituents is 1. The predicted molar refractivity (Wildman–Crippen MR) is 94.0 cm³/mol. The summed E-state index contributed by atoms with van der Waals surface area (Å²) in [5, 5.41) is 19.3. The van der Waals surface area contributed by atoms with Crippen molar-refractivity contribution in [2.45, 2.75) is 6.18 Å². The third-order valence-electron chi connectivity index (χ3n) is 3.62. The second-order valence-electron chi connectivity index (χ2n) is 5.67. The molecule has 0 radical (unpaired) electrons. The van der Waals surface area contributed by atoms with Gasteiger partial charge in [0.15, 0.2) is 12.4 Å². The highest BCUT2D eigenvalue weighted by molar-refractivity contribution is 5.90. The lowest BCUT2D eigenvalue weighted by Crippen LogP contribution is -2.20. The molecular formula is C17H12F3N5O4. The number of nitrogens with zero attached hydrogens (tertiary/aromatic N) is 3. The van der Waals surface area contributed by atoms with E-state index in [9.17, 15) is 28.1 Å². The molecular weight excluding hydrogens is 395 g/mol. The lowest BCUT2D eigenvalue weighted by atomic mass is 10.1. The highest BCUT2D eigenvalue weighted by Crippen LogP contribution is 2.30. The van der Waals surface area contributed by atoms with Crippen LogP contribution in [0, 0.1) is 10.1 Å². The number of carbonyl (C=O) groups excluding carboxylic acids is 1. The Morgan fingerprint density at radius 1 is 1.21 bits per heavy atom. The smallest absolute Gasteiger partial charge is 0.416 e. The molecule has 3 rings (SSSR count). The van der Waals surface area contributed by atoms with Crippen molar-refractivity contribution >= 4 is 17.5 Å². The first-order valence-corrected chi connectivity index (χ1v) is 7.99. The molecule has 0 aliphatic rings. The number of nitro groups is 1. The average molecular weight is 407 g/mol. The number of nitrogens with one attached hydrogen (secondary N) is 2. The fourth-order valence-corrected chi connectivity index (χ4v) is 2.26. The maximum absolute atomic E-state index is 12.6. The highest BCUT2D eigenvalue weighted by Gasteiger charge is 2.30. The van der Waals surface area contributed by atoms with Gasteiger partial charge in [-0.1, -0.05) is 18.2 Å². The van der Waals surface area contributed by atoms with E-state index < -0.39 is 29.2 Å². The normalized spacial score (nSPS) is 11.1. The topological polar surface area (TPSA) is 123 Å². The van der Waals surface area contributed by atoms with E-state index in [1.54, 1.807) is 0 Å². The Balaban J connectivity index is 1.59. The molecule has 0 fully saturated rings. The van der Waals surface area contributed by atoms with Crippen LogP contribution in [0.5, 0.6) is 5.75 Å². The summed E-state index contributed by atoms with van der Waals surface area (Å²) in [6, 6.07) is 9.58. The molecule has 29 heavy (non-hydrogen) atoms. The summed E-state index contributed by atoms with van der Waals surface area (Å²) in [5.41, 5.74) is -0.635. The Labute approximate surface area is 160 Å². The molecule has 1 heterocycles. The molecule has 0 aliphatic carbocycles. The zero-order valence-electron chi connectivity index (χ0n) is 14.4. The molecule has 2 aromatic carbocycles. The second kappa shape index (κ2) is 7.96. The van der Waals surface area contributed by atoms with Gasteiger partial charge in [0.1, 0.15) is 5.75 Å². The van der Waals surface area contributed by atoms with E-state index in [2.05, 4.69) is 20.5 Å². The number of rotatable bonds is 6. The number of alkyl halides is 3. The van der Waals surface area contributed by atoms with Gasteiger partial charge in [-0.15, -0.1) is 5.10 Å². The molecule has 0 saturated carbocycles. The van der Waals surface area contributed by atoms with Crippen LogP contribution in [0.15, 0.2) is 48.5 Å². The Morgan fingerprint density at radius 3 is 2.59 bits per heavy atom. The first kappa shape index (κ1) is 19.8. The lowest BCUT2D eigenvalue weighted by Gasteiger charge is -2.06. The number of benzene rings is 2. The lowest BCUT2D eigenvalue weighted by molar-refractivity contribution is -0.384. The van der Waals surface area contributed by atoms with E-state index >= 15 is 0 Å². The van der Waals surface area contributed by atoms with Gasteiger partial charge in [-0.05, 0) is 18.2 Å². The minimum atomic E-state index is -4.45. The third kappa shape index (κ3) is 5.06. The van der Waals surface area contributed by atoms with Crippen molar-refractivity contribution < 1.29 is 27.6 Å². The van der Waals surface area contributed by atoms with E-state index in [0.29, 0.717) is 5.56 Å². The van der Waals surface area contributed by atoms with E-state index in [0.717, 1.165) is 12.1 Å². The standard InChI is InChI=1S/C17H12F3N5O4/c18-17(19,20)11-6-4-10(5-7-11)15-22-16(24-23-15)21-14(26)9-29-13-3-1-2-12(8-13)25(27)28/h1-8H,9H2,(H2,21,22,23,24,26). The highest BCUT2D eigenvalue weighted by atomic mass is 19.4. The van der Waals surface area contributed by atoms with Crippen molar-refractivity contribution in [2.24, 2.45) is 0 Å². The van der Waals surface area contributed by atoms with Gasteiger partial charge >= 0.3 is 6.18 Å². The van der Waals surface area contributed by atoms with Crippen LogP contribution < -0.4 is 10.1 Å². The minimum Gasteiger partial charge on any atom is -0.484 e. The van der Waals surface area contributed by atoms with Crippen LogP contribution in [0.3, 0.4) is 0 Å². The van der Waals surface area contributed by atoms with Gasteiger partial charge in [0, 0.05) is 11.6 Å². The number of ether oxygens (including phenoxy) is 1. The zero-order chi connectivity index (χ0) is 21.0. The molecule has 0 spiro atoms. The Kier molecular flexibility index (Phi) is 5.43. The first-order valence-electron chi connectivity index (χ1n) is 7.99. The van der Waals surface area contributed by atoms with Crippen molar-refractivity contribution in [1.82, 2.24) is 15.2 Å². The summed E-state index contributed by atoms with van der Waals surface area (Å²) < 4.78 is 43.0. The van der Waals surface area contributed by atoms with Gasteiger partial charge in [0.05, 0.1) is 16.6 Å². The number of aromatic nitrogens is 3. The van der Waals surface area contributed by atoms with Crippen LogP contribution in [0.4, 0.5) is 24.8 Å². The summed E-state index contributed by atoms with van der Waals surface area (Å²) in [7, 11) is 0. The Hall–Kier alpha value is -3.96. The van der Waals surface area contributed by atoms with Crippen molar-refractivity contribution in [3.05, 3.63) is 64.2 Å². The van der Waals surface area contributed by atoms with E-state index in [1.165, 1.54) is 36.4 Å². The molecule has 12 heteroatoms. The Bertz CT molecular complexity index is 1030. The summed E-state index contributed by atoms with van der Waals surface area (Å²) in [5.74, 6) is -0.439. The summed E-state index contributed by atoms with van der Waals surface area (Å²) in [6.45, 7) is -0.453. The number of aromatic amines is 1. The van der Waals surface area contributed by atoms with Gasteiger partial charge in [0.2, 0.25) is 5.95 Å². The van der Waals surface area contributed by atoms with Crippen LogP contribution in [0.2, 0.25) is 0 Å². The maximum Gasteiger partial charge on any atom is 0.416 e. The van der Waals surface area contributed by atoms with Crippen LogP contribution in [-0.4, -0.2) is 32.6 Å². The molecule has 0 atom stereocenters. The summed E-state index contributed by atoms with van der Waals surface area (Å²) in [6.07, 6.45) is -4.45. The molecule has 1 amide bonds. The van der Waals surface area contributed by atoms with E-state index in [-0.39, 0.29) is 23.2 Å². The molecule has 0 aliphatic heterocycles. The molecule has 9 nitrogen and oxygen atoms in total. The monoisotopic (exact) mass is 407 g/mol. The van der Waals surface area contributed by atoms with E-state index in [1.807, 2.05) is 0 Å². The van der Waals surface area contributed by atoms with Crippen molar-refractivity contribution in [2.75, 3.05) is 11.9 Å². The number of amides is 1. The number of carbonyl (C=O) groups is 1. The van der Waals surface area contributed by atoms with Gasteiger partial charge in [0.25, 0.3) is 11.6 Å². The number of nitro benzene ring substituents is 1. The minimum absolute atomic E-state index is 0.104. The summed E-state index contributed by atoms with van der Waals surface area (Å²) in [4.78, 5) is 26.0. The second-order valence-corrected chi connectivity index (χ2v) is 5.67. The molecule has 0 unspecified atom stereocenters. The number of H-pyrrole nitrogens is 1. The maximum atomic E-state index is 12.6. The van der Waals surface area contributed by atoms with Crippen LogP contribution >= 0.6 is 0 Å². The number of hydrogen-bond acceptors (Lipinski definition) is 6. The van der Waals surface area contributed by atoms with E-state index in [4.69, 9.17) is 4.74 Å². The fraction of sp³-hybridized carbons (Fsp3) is 0.118. The van der Waals surface area contributed by atoms with Crippen LogP contribution in [-0.2, 0) is 11.0 Å². The Morgan fingerprint density at radius 2 is 1.93 bits per heavy atom. The quantitative estimate of drug-likeness (QED) is 0.477. The molecule has 0 bridgehead atoms. The van der Waals surface area contributed by atoms with Crippen LogP contribution in [0.1, 0.15) is 5.56 Å². The number of hydrogen-bond donors (Lipinski definition) is 2. The molecule has 0 saturated heterocycles. The molecule has 1 aromatic heterocycles. The average Bonchev–Trinajstić information content (AvgIpc) is 3.14. The zero-order valence-corrected chi connectivity index (χ0v) is 14.4. The fourth-order valence-electron chi connectivity index (χ4n) is 2.26. The third-order valence-corrected chi connectivity index (χ3v) is 3.62. The van der Waals surface area contributed by atoms with Gasteiger partial charge in [-0.25, -0.2) is 0 Å². The van der Waals surface area contributed by atoms with Gasteiger partial charge in [-0.3, -0.25) is 25.3 Å².